The second-order valence-corrected chi connectivity index (χ2v) is 10.9. The Morgan fingerprint density at radius 2 is 1.58 bits per heavy atom. The number of aryl methyl sites for hydroxylation is 3. The molecule has 7 heteroatoms. The molecule has 1 aromatic heterocycles. The van der Waals surface area contributed by atoms with E-state index < -0.39 is 0 Å². The van der Waals surface area contributed by atoms with Crippen molar-refractivity contribution in [2.75, 3.05) is 26.2 Å². The summed E-state index contributed by atoms with van der Waals surface area (Å²) in [5.74, 6) is 1.88. The Morgan fingerprint density at radius 3 is 2.21 bits per heavy atom. The van der Waals surface area contributed by atoms with Crippen LogP contribution in [0.15, 0.2) is 85.1 Å². The quantitative estimate of drug-likeness (QED) is 0.210. The molecule has 0 spiro atoms. The Morgan fingerprint density at radius 1 is 0.907 bits per heavy atom. The van der Waals surface area contributed by atoms with Gasteiger partial charge in [0.25, 0.3) is 0 Å². The first kappa shape index (κ1) is 29.6. The van der Waals surface area contributed by atoms with Gasteiger partial charge in [0.1, 0.15) is 18.1 Å². The SMILES string of the molecule is Cc1ccc(CN2CCN(C(=O)C=Cc3cc(C)c(Oc4ccc(OCc5ccc(C#N)cc5)cn4)c(C)c3)CC2)cc1. The highest BCUT2D eigenvalue weighted by molar-refractivity contribution is 5.92. The van der Waals surface area contributed by atoms with Crippen LogP contribution in [0.4, 0.5) is 0 Å². The zero-order valence-corrected chi connectivity index (χ0v) is 24.9. The molecule has 0 atom stereocenters. The van der Waals surface area contributed by atoms with Gasteiger partial charge in [-0.3, -0.25) is 9.69 Å². The molecule has 1 fully saturated rings. The van der Waals surface area contributed by atoms with Crippen molar-refractivity contribution >= 4 is 12.0 Å². The summed E-state index contributed by atoms with van der Waals surface area (Å²) in [5, 5.41) is 8.93. The molecule has 0 unspecified atom stereocenters. The molecule has 7 nitrogen and oxygen atoms in total. The third-order valence-electron chi connectivity index (χ3n) is 7.52. The molecule has 1 aliphatic rings. The summed E-state index contributed by atoms with van der Waals surface area (Å²) in [6.45, 7) is 10.6. The second-order valence-electron chi connectivity index (χ2n) is 10.9. The maximum absolute atomic E-state index is 12.9. The van der Waals surface area contributed by atoms with Crippen LogP contribution >= 0.6 is 0 Å². The molecule has 5 rings (SSSR count). The van der Waals surface area contributed by atoms with E-state index in [1.54, 1.807) is 30.5 Å². The zero-order chi connectivity index (χ0) is 30.2. The molecule has 1 saturated heterocycles. The number of benzene rings is 3. The number of nitriles is 1. The van der Waals surface area contributed by atoms with Crippen molar-refractivity contribution in [3.63, 3.8) is 0 Å². The van der Waals surface area contributed by atoms with Crippen molar-refractivity contribution in [1.82, 2.24) is 14.8 Å². The largest absolute Gasteiger partial charge is 0.487 e. The van der Waals surface area contributed by atoms with Crippen molar-refractivity contribution in [2.45, 2.75) is 33.9 Å². The molecular formula is C36H36N4O3. The van der Waals surface area contributed by atoms with E-state index in [9.17, 15) is 4.79 Å². The van der Waals surface area contributed by atoms with E-state index in [2.05, 4.69) is 47.1 Å². The van der Waals surface area contributed by atoms with Crippen molar-refractivity contribution in [2.24, 2.45) is 0 Å². The molecule has 218 valence electrons. The highest BCUT2D eigenvalue weighted by Gasteiger charge is 2.19. The summed E-state index contributed by atoms with van der Waals surface area (Å²) in [6, 6.07) is 25.7. The van der Waals surface area contributed by atoms with E-state index in [4.69, 9.17) is 14.7 Å². The van der Waals surface area contributed by atoms with Crippen molar-refractivity contribution < 1.29 is 14.3 Å². The number of rotatable bonds is 9. The summed E-state index contributed by atoms with van der Waals surface area (Å²) in [5.41, 5.74) is 7.03. The van der Waals surface area contributed by atoms with Crippen LogP contribution < -0.4 is 9.47 Å². The molecule has 43 heavy (non-hydrogen) atoms. The molecule has 0 N–H and O–H groups in total. The van der Waals surface area contributed by atoms with E-state index >= 15 is 0 Å². The van der Waals surface area contributed by atoms with Crippen LogP contribution in [0.25, 0.3) is 6.08 Å². The minimum absolute atomic E-state index is 0.0382. The van der Waals surface area contributed by atoms with Crippen LogP contribution in [0, 0.1) is 32.1 Å². The van der Waals surface area contributed by atoms with Gasteiger partial charge in [-0.15, -0.1) is 0 Å². The van der Waals surface area contributed by atoms with Crippen molar-refractivity contribution in [3.05, 3.63) is 124 Å². The molecule has 0 aliphatic carbocycles. The summed E-state index contributed by atoms with van der Waals surface area (Å²) < 4.78 is 11.9. The summed E-state index contributed by atoms with van der Waals surface area (Å²) in [6.07, 6.45) is 5.18. The lowest BCUT2D eigenvalue weighted by molar-refractivity contribution is -0.127. The van der Waals surface area contributed by atoms with Gasteiger partial charge in [-0.2, -0.15) is 5.26 Å². The lowest BCUT2D eigenvalue weighted by Crippen LogP contribution is -2.47. The zero-order valence-electron chi connectivity index (χ0n) is 24.9. The normalized spacial score (nSPS) is 13.6. The standard InChI is InChI=1S/C36H36N4O3/c1-26-4-6-30(7-5-26)24-39-16-18-40(19-17-39)35(41)15-12-32-20-27(2)36(28(3)21-32)43-34-14-13-33(23-38-34)42-25-31-10-8-29(22-37)9-11-31/h4-15,20-21,23H,16-19,24-25H2,1-3H3. The van der Waals surface area contributed by atoms with Crippen LogP contribution in [0.3, 0.4) is 0 Å². The van der Waals surface area contributed by atoms with Gasteiger partial charge in [-0.1, -0.05) is 42.0 Å². The number of piperazine rings is 1. The first-order valence-electron chi connectivity index (χ1n) is 14.5. The smallest absolute Gasteiger partial charge is 0.246 e. The van der Waals surface area contributed by atoms with Crippen LogP contribution in [0.1, 0.15) is 38.9 Å². The average molecular weight is 573 g/mol. The Balaban J connectivity index is 1.12. The number of amides is 1. The molecule has 4 aromatic rings. The van der Waals surface area contributed by atoms with E-state index in [0.29, 0.717) is 23.8 Å². The van der Waals surface area contributed by atoms with E-state index in [0.717, 1.165) is 60.7 Å². The lowest BCUT2D eigenvalue weighted by Gasteiger charge is -2.34. The first-order chi connectivity index (χ1) is 20.9. The second kappa shape index (κ2) is 13.8. The van der Waals surface area contributed by atoms with Crippen molar-refractivity contribution in [3.8, 4) is 23.4 Å². The van der Waals surface area contributed by atoms with Crippen LogP contribution in [0.2, 0.25) is 0 Å². The maximum Gasteiger partial charge on any atom is 0.246 e. The van der Waals surface area contributed by atoms with Gasteiger partial charge >= 0.3 is 0 Å². The summed E-state index contributed by atoms with van der Waals surface area (Å²) in [7, 11) is 0. The number of hydrogen-bond donors (Lipinski definition) is 0. The number of carbonyl (C=O) groups excluding carboxylic acids is 1. The third-order valence-corrected chi connectivity index (χ3v) is 7.52. The van der Waals surface area contributed by atoms with Gasteiger partial charge in [0.05, 0.1) is 17.8 Å². The number of carbonyl (C=O) groups is 1. The Bertz CT molecular complexity index is 1590. The van der Waals surface area contributed by atoms with Crippen LogP contribution in [-0.4, -0.2) is 46.9 Å². The molecular weight excluding hydrogens is 536 g/mol. The highest BCUT2D eigenvalue weighted by Crippen LogP contribution is 2.30. The Kier molecular flexibility index (Phi) is 9.50. The number of hydrogen-bond acceptors (Lipinski definition) is 6. The molecule has 1 amide bonds. The van der Waals surface area contributed by atoms with Gasteiger partial charge in [0.15, 0.2) is 0 Å². The maximum atomic E-state index is 12.9. The van der Waals surface area contributed by atoms with Gasteiger partial charge in [-0.25, -0.2) is 4.98 Å². The number of nitrogens with zero attached hydrogens (tertiary/aromatic N) is 4. The van der Waals surface area contributed by atoms with Crippen molar-refractivity contribution in [1.29, 1.82) is 5.26 Å². The topological polar surface area (TPSA) is 78.7 Å². The number of pyridine rings is 1. The predicted octanol–water partition coefficient (Wildman–Crippen LogP) is 6.61. The average Bonchev–Trinajstić information content (AvgIpc) is 3.03. The van der Waals surface area contributed by atoms with Gasteiger partial charge in [0, 0.05) is 44.9 Å². The van der Waals surface area contributed by atoms with Crippen LogP contribution in [-0.2, 0) is 17.9 Å². The monoisotopic (exact) mass is 572 g/mol. The fourth-order valence-corrected chi connectivity index (χ4v) is 5.05. The number of aromatic nitrogens is 1. The highest BCUT2D eigenvalue weighted by atomic mass is 16.5. The molecule has 0 radical (unpaired) electrons. The van der Waals surface area contributed by atoms with E-state index in [-0.39, 0.29) is 5.91 Å². The Hall–Kier alpha value is -4.93. The lowest BCUT2D eigenvalue weighted by atomic mass is 10.1. The predicted molar refractivity (Wildman–Crippen MR) is 168 cm³/mol. The molecule has 3 aromatic carbocycles. The third kappa shape index (κ3) is 8.09. The molecule has 2 heterocycles. The minimum atomic E-state index is 0.0382. The number of ether oxygens (including phenoxy) is 2. The molecule has 0 saturated carbocycles. The van der Waals surface area contributed by atoms with Gasteiger partial charge in [-0.05, 0) is 85.0 Å². The summed E-state index contributed by atoms with van der Waals surface area (Å²) >= 11 is 0. The summed E-state index contributed by atoms with van der Waals surface area (Å²) in [4.78, 5) is 21.6. The minimum Gasteiger partial charge on any atom is -0.487 e. The van der Waals surface area contributed by atoms with Crippen LogP contribution in [0.5, 0.6) is 17.4 Å². The fraction of sp³-hybridized carbons (Fsp3) is 0.250. The fourth-order valence-electron chi connectivity index (χ4n) is 5.05. The van der Waals surface area contributed by atoms with E-state index in [1.807, 2.05) is 55.2 Å². The first-order valence-corrected chi connectivity index (χ1v) is 14.5. The van der Waals surface area contributed by atoms with Gasteiger partial charge in [0.2, 0.25) is 11.8 Å². The Labute approximate surface area is 253 Å². The molecule has 0 bridgehead atoms. The molecule has 1 aliphatic heterocycles. The van der Waals surface area contributed by atoms with Gasteiger partial charge < -0.3 is 14.4 Å². The van der Waals surface area contributed by atoms with E-state index in [1.165, 1.54) is 11.1 Å².